The van der Waals surface area contributed by atoms with Crippen molar-refractivity contribution in [3.63, 3.8) is 0 Å². The Balaban J connectivity index is 1.36. The maximum absolute atomic E-state index is 13.5. The topological polar surface area (TPSA) is 62.2 Å². The Hall–Kier alpha value is -3.37. The lowest BCUT2D eigenvalue weighted by molar-refractivity contribution is -0.140. The van der Waals surface area contributed by atoms with Crippen molar-refractivity contribution in [2.75, 3.05) is 24.5 Å². The number of pyridine rings is 1. The fraction of sp³-hybridized carbons (Fsp3) is 0.462. The van der Waals surface area contributed by atoms with Crippen molar-refractivity contribution in [2.45, 2.75) is 50.7 Å². The highest BCUT2D eigenvalue weighted by Crippen LogP contribution is 2.38. The zero-order chi connectivity index (χ0) is 26.4. The SMILES string of the molecule is C[C@@H]1CN(C(=O)C2CCC(F)(F)CC2)CCN1c1nnc(-c2ccc(C(F)(F)F)cc2)c2ccncc12. The molecule has 1 saturated carbocycles. The van der Waals surface area contributed by atoms with Gasteiger partial charge in [0, 0.05) is 73.2 Å². The maximum Gasteiger partial charge on any atom is 0.416 e. The normalized spacial score (nSPS) is 20.9. The Morgan fingerprint density at radius 2 is 1.70 bits per heavy atom. The molecule has 2 aliphatic rings. The van der Waals surface area contributed by atoms with E-state index in [4.69, 9.17) is 0 Å². The Kier molecular flexibility index (Phi) is 6.49. The maximum atomic E-state index is 13.5. The second-order valence-corrected chi connectivity index (χ2v) is 9.83. The van der Waals surface area contributed by atoms with Crippen LogP contribution in [0.2, 0.25) is 0 Å². The molecule has 6 nitrogen and oxygen atoms in total. The zero-order valence-electron chi connectivity index (χ0n) is 20.2. The van der Waals surface area contributed by atoms with Crippen LogP contribution in [0.25, 0.3) is 22.0 Å². The fourth-order valence-corrected chi connectivity index (χ4v) is 5.24. The molecular weight excluding hydrogens is 493 g/mol. The van der Waals surface area contributed by atoms with Crippen LogP contribution in [0.15, 0.2) is 42.7 Å². The minimum absolute atomic E-state index is 0.0720. The van der Waals surface area contributed by atoms with Crippen LogP contribution in [0.1, 0.15) is 38.2 Å². The molecule has 2 aromatic heterocycles. The minimum atomic E-state index is -4.43. The number of alkyl halides is 5. The summed E-state index contributed by atoms with van der Waals surface area (Å²) in [5, 5.41) is 10.2. The van der Waals surface area contributed by atoms with Crippen molar-refractivity contribution < 1.29 is 26.7 Å². The molecule has 2 fully saturated rings. The first-order valence-electron chi connectivity index (χ1n) is 12.2. The molecule has 1 amide bonds. The predicted molar refractivity (Wildman–Crippen MR) is 128 cm³/mol. The number of benzene rings is 1. The molecule has 0 N–H and O–H groups in total. The molecule has 1 atom stereocenters. The van der Waals surface area contributed by atoms with Gasteiger partial charge in [0.2, 0.25) is 11.8 Å². The molecular formula is C26H26F5N5O. The number of nitrogens with zero attached hydrogens (tertiary/aromatic N) is 5. The van der Waals surface area contributed by atoms with Crippen LogP contribution in [-0.2, 0) is 11.0 Å². The number of fused-ring (bicyclic) bond motifs is 1. The molecule has 5 rings (SSSR count). The van der Waals surface area contributed by atoms with Gasteiger partial charge in [0.1, 0.15) is 5.69 Å². The number of amides is 1. The van der Waals surface area contributed by atoms with E-state index >= 15 is 0 Å². The van der Waals surface area contributed by atoms with Crippen molar-refractivity contribution in [2.24, 2.45) is 5.92 Å². The number of carbonyl (C=O) groups is 1. The van der Waals surface area contributed by atoms with Crippen LogP contribution in [0.3, 0.4) is 0 Å². The zero-order valence-corrected chi connectivity index (χ0v) is 20.2. The number of carbonyl (C=O) groups excluding carboxylic acids is 1. The summed E-state index contributed by atoms with van der Waals surface area (Å²) < 4.78 is 66.0. The summed E-state index contributed by atoms with van der Waals surface area (Å²) >= 11 is 0. The minimum Gasteiger partial charge on any atom is -0.348 e. The lowest BCUT2D eigenvalue weighted by Crippen LogP contribution is -2.55. The van der Waals surface area contributed by atoms with Gasteiger partial charge in [-0.05, 0) is 38.0 Å². The number of halogens is 5. The van der Waals surface area contributed by atoms with E-state index in [-0.39, 0.29) is 43.6 Å². The van der Waals surface area contributed by atoms with Gasteiger partial charge in [-0.15, -0.1) is 10.2 Å². The van der Waals surface area contributed by atoms with E-state index in [1.807, 2.05) is 11.8 Å². The second-order valence-electron chi connectivity index (χ2n) is 9.83. The molecule has 0 spiro atoms. The van der Waals surface area contributed by atoms with Crippen molar-refractivity contribution in [3.05, 3.63) is 48.3 Å². The van der Waals surface area contributed by atoms with E-state index < -0.39 is 17.7 Å². The van der Waals surface area contributed by atoms with E-state index in [0.717, 1.165) is 12.1 Å². The Morgan fingerprint density at radius 3 is 2.35 bits per heavy atom. The smallest absolute Gasteiger partial charge is 0.348 e. The first-order chi connectivity index (χ1) is 17.5. The molecule has 3 aromatic rings. The fourth-order valence-electron chi connectivity index (χ4n) is 5.24. The molecule has 1 aliphatic heterocycles. The molecule has 0 radical (unpaired) electrons. The van der Waals surface area contributed by atoms with Gasteiger partial charge in [-0.25, -0.2) is 8.78 Å². The van der Waals surface area contributed by atoms with Crippen LogP contribution in [0, 0.1) is 5.92 Å². The number of aromatic nitrogens is 3. The number of piperazine rings is 1. The van der Waals surface area contributed by atoms with Gasteiger partial charge in [0.25, 0.3) is 0 Å². The summed E-state index contributed by atoms with van der Waals surface area (Å²) in [6, 6.07) is 6.43. The summed E-state index contributed by atoms with van der Waals surface area (Å²) in [4.78, 5) is 21.0. The third-order valence-electron chi connectivity index (χ3n) is 7.33. The highest BCUT2D eigenvalue weighted by molar-refractivity contribution is 5.99. The predicted octanol–water partition coefficient (Wildman–Crippen LogP) is 5.57. The second kappa shape index (κ2) is 9.50. The van der Waals surface area contributed by atoms with Gasteiger partial charge in [-0.3, -0.25) is 9.78 Å². The Labute approximate surface area is 210 Å². The van der Waals surface area contributed by atoms with Crippen molar-refractivity contribution in [1.29, 1.82) is 0 Å². The van der Waals surface area contributed by atoms with Gasteiger partial charge < -0.3 is 9.80 Å². The average Bonchev–Trinajstić information content (AvgIpc) is 2.87. The van der Waals surface area contributed by atoms with E-state index in [0.29, 0.717) is 47.5 Å². The number of rotatable bonds is 3. The summed E-state index contributed by atoms with van der Waals surface area (Å²) in [5.41, 5.74) is 0.213. The van der Waals surface area contributed by atoms with Gasteiger partial charge in [0.05, 0.1) is 5.56 Å². The lowest BCUT2D eigenvalue weighted by Gasteiger charge is -2.42. The number of hydrogen-bond donors (Lipinski definition) is 0. The molecule has 11 heteroatoms. The largest absolute Gasteiger partial charge is 0.416 e. The first kappa shape index (κ1) is 25.3. The number of hydrogen-bond acceptors (Lipinski definition) is 5. The molecule has 37 heavy (non-hydrogen) atoms. The van der Waals surface area contributed by atoms with Crippen LogP contribution in [-0.4, -0.2) is 57.6 Å². The molecule has 1 aliphatic carbocycles. The van der Waals surface area contributed by atoms with Crippen LogP contribution in [0.5, 0.6) is 0 Å². The monoisotopic (exact) mass is 519 g/mol. The lowest BCUT2D eigenvalue weighted by atomic mass is 9.85. The van der Waals surface area contributed by atoms with E-state index in [2.05, 4.69) is 15.2 Å². The van der Waals surface area contributed by atoms with Gasteiger partial charge in [0.15, 0.2) is 5.82 Å². The molecule has 1 saturated heterocycles. The third-order valence-corrected chi connectivity index (χ3v) is 7.33. The van der Waals surface area contributed by atoms with Crippen LogP contribution >= 0.6 is 0 Å². The molecule has 196 valence electrons. The Bertz CT molecular complexity index is 1290. The average molecular weight is 520 g/mol. The quantitative estimate of drug-likeness (QED) is 0.424. The third kappa shape index (κ3) is 5.08. The van der Waals surface area contributed by atoms with Gasteiger partial charge in [-0.2, -0.15) is 13.2 Å². The van der Waals surface area contributed by atoms with E-state index in [1.165, 1.54) is 12.1 Å². The van der Waals surface area contributed by atoms with Crippen molar-refractivity contribution in [3.8, 4) is 11.3 Å². The summed E-state index contributed by atoms with van der Waals surface area (Å²) in [6.07, 6.45) is -1.28. The van der Waals surface area contributed by atoms with E-state index in [1.54, 1.807) is 23.4 Å². The summed E-state index contributed by atoms with van der Waals surface area (Å²) in [5.74, 6) is -2.54. The summed E-state index contributed by atoms with van der Waals surface area (Å²) in [6.45, 7) is 3.30. The van der Waals surface area contributed by atoms with Gasteiger partial charge in [-0.1, -0.05) is 12.1 Å². The highest BCUT2D eigenvalue weighted by Gasteiger charge is 2.40. The standard InChI is InChI=1S/C26H26F5N5O/c1-16-15-35(24(37)18-6-9-25(27,28)10-7-18)12-13-36(16)23-21-14-32-11-8-20(21)22(33-34-23)17-2-4-19(5-3-17)26(29,30)31/h2-5,8,11,14,16,18H,6-7,9-10,12-13,15H2,1H3/t16-/m1/s1. The number of anilines is 1. The van der Waals surface area contributed by atoms with Crippen LogP contribution in [0.4, 0.5) is 27.8 Å². The van der Waals surface area contributed by atoms with Crippen LogP contribution < -0.4 is 4.90 Å². The summed E-state index contributed by atoms with van der Waals surface area (Å²) in [7, 11) is 0. The first-order valence-corrected chi connectivity index (χ1v) is 12.2. The van der Waals surface area contributed by atoms with Crippen molar-refractivity contribution in [1.82, 2.24) is 20.1 Å². The Morgan fingerprint density at radius 1 is 1.00 bits per heavy atom. The molecule has 0 bridgehead atoms. The van der Waals surface area contributed by atoms with E-state index in [9.17, 15) is 26.7 Å². The van der Waals surface area contributed by atoms with Gasteiger partial charge >= 0.3 is 6.18 Å². The molecule has 0 unspecified atom stereocenters. The molecule has 1 aromatic carbocycles. The molecule has 3 heterocycles. The van der Waals surface area contributed by atoms with Crippen molar-refractivity contribution >= 4 is 22.5 Å². The highest BCUT2D eigenvalue weighted by atomic mass is 19.4.